The van der Waals surface area contributed by atoms with Gasteiger partial charge in [0, 0.05) is 18.0 Å². The van der Waals surface area contributed by atoms with E-state index in [0.29, 0.717) is 11.7 Å². The van der Waals surface area contributed by atoms with E-state index in [4.69, 9.17) is 4.74 Å². The van der Waals surface area contributed by atoms with Gasteiger partial charge in [0.1, 0.15) is 5.75 Å². The minimum absolute atomic E-state index is 0.561. The Kier molecular flexibility index (Phi) is 3.86. The van der Waals surface area contributed by atoms with Gasteiger partial charge in [-0.3, -0.25) is 4.98 Å². The lowest BCUT2D eigenvalue weighted by Crippen LogP contribution is -1.97. The van der Waals surface area contributed by atoms with Crippen molar-refractivity contribution in [2.24, 2.45) is 0 Å². The number of aryl methyl sites for hydroxylation is 1. The van der Waals surface area contributed by atoms with Gasteiger partial charge in [-0.15, -0.1) is 0 Å². The second-order valence-corrected chi connectivity index (χ2v) is 5.91. The second kappa shape index (κ2) is 6.32. The number of aromatic nitrogens is 3. The molecule has 0 amide bonds. The van der Waals surface area contributed by atoms with Crippen LogP contribution in [-0.4, -0.2) is 15.0 Å². The molecule has 0 aliphatic carbocycles. The van der Waals surface area contributed by atoms with Crippen LogP contribution in [0.2, 0.25) is 0 Å². The second-order valence-electron chi connectivity index (χ2n) is 5.91. The molecule has 0 spiro atoms. The third-order valence-electron chi connectivity index (χ3n) is 4.27. The predicted octanol–water partition coefficient (Wildman–Crippen LogP) is 5.10. The van der Waals surface area contributed by atoms with Crippen molar-refractivity contribution in [3.8, 4) is 23.0 Å². The van der Waals surface area contributed by atoms with Gasteiger partial charge >= 0.3 is 0 Å². The van der Waals surface area contributed by atoms with E-state index in [9.17, 15) is 0 Å². The summed E-state index contributed by atoms with van der Waals surface area (Å²) >= 11 is 0. The number of fused-ring (bicyclic) bond motifs is 1. The molecule has 25 heavy (non-hydrogen) atoms. The average molecular weight is 327 g/mol. The number of rotatable bonds is 3. The van der Waals surface area contributed by atoms with Crippen LogP contribution in [0, 0.1) is 13.8 Å². The summed E-state index contributed by atoms with van der Waals surface area (Å²) in [5.41, 5.74) is 4.05. The normalized spacial score (nSPS) is 10.8. The number of para-hydroxylation sites is 1. The minimum atomic E-state index is 0.561. The van der Waals surface area contributed by atoms with Crippen LogP contribution in [0.25, 0.3) is 22.3 Å². The highest BCUT2D eigenvalue weighted by atomic mass is 16.5. The Morgan fingerprint density at radius 3 is 2.44 bits per heavy atom. The van der Waals surface area contributed by atoms with E-state index in [1.807, 2.05) is 48.5 Å². The molecule has 0 saturated heterocycles. The van der Waals surface area contributed by atoms with Crippen LogP contribution in [0.4, 0.5) is 0 Å². The van der Waals surface area contributed by atoms with E-state index in [1.54, 1.807) is 12.4 Å². The molecule has 0 aliphatic rings. The zero-order valence-electron chi connectivity index (χ0n) is 14.1. The quantitative estimate of drug-likeness (QED) is 0.525. The van der Waals surface area contributed by atoms with E-state index in [1.165, 1.54) is 5.56 Å². The molecule has 0 atom stereocenters. The molecule has 0 fully saturated rings. The fourth-order valence-corrected chi connectivity index (χ4v) is 2.69. The van der Waals surface area contributed by atoms with Gasteiger partial charge < -0.3 is 4.74 Å². The third kappa shape index (κ3) is 2.94. The Labute approximate surface area is 146 Å². The first-order valence-electron chi connectivity index (χ1n) is 8.13. The molecule has 4 nitrogen and oxygen atoms in total. The molecular formula is C21H17N3O. The van der Waals surface area contributed by atoms with Gasteiger partial charge in [-0.1, -0.05) is 24.3 Å². The Morgan fingerprint density at radius 1 is 0.800 bits per heavy atom. The van der Waals surface area contributed by atoms with Crippen molar-refractivity contribution in [3.63, 3.8) is 0 Å². The van der Waals surface area contributed by atoms with Crippen LogP contribution in [-0.2, 0) is 0 Å². The van der Waals surface area contributed by atoms with E-state index in [-0.39, 0.29) is 0 Å². The summed E-state index contributed by atoms with van der Waals surface area (Å²) in [4.78, 5) is 13.4. The topological polar surface area (TPSA) is 47.9 Å². The lowest BCUT2D eigenvalue weighted by molar-refractivity contribution is 0.465. The van der Waals surface area contributed by atoms with Gasteiger partial charge in [-0.05, 0) is 55.3 Å². The molecule has 0 bridgehead atoms. The molecule has 2 aromatic heterocycles. The number of nitrogens with zero attached hydrogens (tertiary/aromatic N) is 3. The minimum Gasteiger partial charge on any atom is -0.438 e. The van der Waals surface area contributed by atoms with Crippen LogP contribution in [0.5, 0.6) is 11.6 Å². The zero-order valence-corrected chi connectivity index (χ0v) is 14.1. The van der Waals surface area contributed by atoms with E-state index in [2.05, 4.69) is 34.9 Å². The first-order valence-corrected chi connectivity index (χ1v) is 8.13. The predicted molar refractivity (Wildman–Crippen MR) is 98.8 cm³/mol. The Morgan fingerprint density at radius 2 is 1.60 bits per heavy atom. The molecule has 0 radical (unpaired) electrons. The van der Waals surface area contributed by atoms with Crippen LogP contribution >= 0.6 is 0 Å². The zero-order chi connectivity index (χ0) is 17.2. The van der Waals surface area contributed by atoms with Gasteiger partial charge in [0.25, 0.3) is 0 Å². The first kappa shape index (κ1) is 15.3. The Hall–Kier alpha value is -3.27. The molecule has 4 rings (SSSR count). The summed E-state index contributed by atoms with van der Waals surface area (Å²) in [5, 5.41) is 0.890. The van der Waals surface area contributed by atoms with Crippen LogP contribution < -0.4 is 4.74 Å². The molecule has 4 aromatic rings. The molecule has 2 aromatic carbocycles. The molecule has 0 aliphatic heterocycles. The van der Waals surface area contributed by atoms with E-state index < -0.39 is 0 Å². The lowest BCUT2D eigenvalue weighted by Gasteiger charge is -2.12. The fourth-order valence-electron chi connectivity index (χ4n) is 2.69. The smallest absolute Gasteiger partial charge is 0.230 e. The molecule has 2 heterocycles. The van der Waals surface area contributed by atoms with Crippen molar-refractivity contribution in [3.05, 3.63) is 78.1 Å². The highest BCUT2D eigenvalue weighted by Crippen LogP contribution is 2.32. The maximum atomic E-state index is 6.20. The molecule has 4 heteroatoms. The van der Waals surface area contributed by atoms with Crippen molar-refractivity contribution in [1.29, 1.82) is 0 Å². The van der Waals surface area contributed by atoms with Crippen LogP contribution in [0.3, 0.4) is 0 Å². The van der Waals surface area contributed by atoms with Gasteiger partial charge in [-0.25, -0.2) is 4.98 Å². The average Bonchev–Trinajstić information content (AvgIpc) is 2.66. The van der Waals surface area contributed by atoms with Crippen LogP contribution in [0.15, 0.2) is 67.0 Å². The third-order valence-corrected chi connectivity index (χ3v) is 4.27. The largest absolute Gasteiger partial charge is 0.438 e. The molecular weight excluding hydrogens is 310 g/mol. The van der Waals surface area contributed by atoms with Crippen LogP contribution in [0.1, 0.15) is 11.1 Å². The first-order chi connectivity index (χ1) is 12.2. The summed E-state index contributed by atoms with van der Waals surface area (Å²) in [6, 6.07) is 17.7. The molecule has 0 unspecified atom stereocenters. The number of hydrogen-bond acceptors (Lipinski definition) is 4. The summed E-state index contributed by atoms with van der Waals surface area (Å²) < 4.78 is 6.20. The van der Waals surface area contributed by atoms with E-state index in [0.717, 1.165) is 27.8 Å². The van der Waals surface area contributed by atoms with Gasteiger partial charge in [0.2, 0.25) is 5.88 Å². The maximum absolute atomic E-state index is 6.20. The van der Waals surface area contributed by atoms with Crippen molar-refractivity contribution in [1.82, 2.24) is 15.0 Å². The van der Waals surface area contributed by atoms with Crippen molar-refractivity contribution in [2.75, 3.05) is 0 Å². The standard InChI is InChI=1S/C21H17N3O/c1-14-6-5-9-19(15(14)2)25-21-17-7-3-4-8-18(17)23-20(24-21)16-10-12-22-13-11-16/h3-13H,1-2H3. The lowest BCUT2D eigenvalue weighted by atomic mass is 10.1. The number of ether oxygens (including phenoxy) is 1. The fraction of sp³-hybridized carbons (Fsp3) is 0.0952. The summed E-state index contributed by atoms with van der Waals surface area (Å²) in [5.74, 6) is 2.00. The van der Waals surface area contributed by atoms with Gasteiger partial charge in [0.15, 0.2) is 5.82 Å². The van der Waals surface area contributed by atoms with Crippen molar-refractivity contribution >= 4 is 10.9 Å². The monoisotopic (exact) mass is 327 g/mol. The highest BCUT2D eigenvalue weighted by Gasteiger charge is 2.12. The highest BCUT2D eigenvalue weighted by molar-refractivity contribution is 5.85. The SMILES string of the molecule is Cc1cccc(Oc2nc(-c3ccncc3)nc3ccccc23)c1C. The summed E-state index contributed by atoms with van der Waals surface area (Å²) in [6.45, 7) is 4.13. The number of pyridine rings is 1. The van der Waals surface area contributed by atoms with Crippen molar-refractivity contribution < 1.29 is 4.74 Å². The number of hydrogen-bond donors (Lipinski definition) is 0. The summed E-state index contributed by atoms with van der Waals surface area (Å²) in [7, 11) is 0. The Bertz CT molecular complexity index is 1050. The number of benzene rings is 2. The summed E-state index contributed by atoms with van der Waals surface area (Å²) in [6.07, 6.45) is 3.47. The van der Waals surface area contributed by atoms with Gasteiger partial charge in [0.05, 0.1) is 10.9 Å². The molecule has 0 saturated carbocycles. The molecule has 0 N–H and O–H groups in total. The maximum Gasteiger partial charge on any atom is 0.230 e. The van der Waals surface area contributed by atoms with Crippen molar-refractivity contribution in [2.45, 2.75) is 13.8 Å². The molecule has 122 valence electrons. The van der Waals surface area contributed by atoms with Gasteiger partial charge in [-0.2, -0.15) is 4.98 Å². The Balaban J connectivity index is 1.88. The van der Waals surface area contributed by atoms with E-state index >= 15 is 0 Å².